The second-order valence-electron chi connectivity index (χ2n) is 6.74. The lowest BCUT2D eigenvalue weighted by molar-refractivity contribution is -0.130. The lowest BCUT2D eigenvalue weighted by atomic mass is 10.2. The fourth-order valence-corrected chi connectivity index (χ4v) is 3.68. The number of carbonyl (C=O) groups excluding carboxylic acids is 1. The predicted octanol–water partition coefficient (Wildman–Crippen LogP) is 3.58. The minimum absolute atomic E-state index is 0.0266. The molecule has 2 heterocycles. The number of aromatic nitrogens is 2. The van der Waals surface area contributed by atoms with Gasteiger partial charge in [-0.1, -0.05) is 41.9 Å². The van der Waals surface area contributed by atoms with Crippen LogP contribution in [0.2, 0.25) is 5.02 Å². The Hall–Kier alpha value is -2.37. The van der Waals surface area contributed by atoms with Crippen LogP contribution in [0, 0.1) is 0 Å². The van der Waals surface area contributed by atoms with Gasteiger partial charge < -0.3 is 14.6 Å². The van der Waals surface area contributed by atoms with E-state index in [4.69, 9.17) is 21.3 Å². The van der Waals surface area contributed by atoms with Crippen LogP contribution >= 0.6 is 11.6 Å². The third-order valence-electron chi connectivity index (χ3n) is 4.89. The molecule has 1 atom stereocenters. The lowest BCUT2D eigenvalue weighted by Gasteiger charge is -2.12. The minimum atomic E-state index is -0.299. The van der Waals surface area contributed by atoms with Gasteiger partial charge in [-0.3, -0.25) is 4.79 Å². The Labute approximate surface area is 163 Å². The van der Waals surface area contributed by atoms with Gasteiger partial charge in [0.25, 0.3) is 0 Å². The van der Waals surface area contributed by atoms with Crippen LogP contribution in [0.5, 0.6) is 0 Å². The molecule has 0 aliphatic carbocycles. The Morgan fingerprint density at radius 1 is 1.22 bits per heavy atom. The molecule has 140 valence electrons. The van der Waals surface area contributed by atoms with Crippen LogP contribution in [0.3, 0.4) is 0 Å². The molecule has 3 aromatic rings. The van der Waals surface area contributed by atoms with E-state index in [2.05, 4.69) is 16.0 Å². The zero-order valence-electron chi connectivity index (χ0n) is 15.0. The summed E-state index contributed by atoms with van der Waals surface area (Å²) in [5, 5.41) is 3.72. The Bertz CT molecular complexity index is 948. The van der Waals surface area contributed by atoms with Crippen molar-refractivity contribution in [1.29, 1.82) is 0 Å². The van der Waals surface area contributed by atoms with E-state index in [1.807, 2.05) is 42.5 Å². The zero-order chi connectivity index (χ0) is 18.6. The summed E-state index contributed by atoms with van der Waals surface area (Å²) in [6.45, 7) is 1.85. The van der Waals surface area contributed by atoms with Crippen LogP contribution in [-0.2, 0) is 22.5 Å². The van der Waals surface area contributed by atoms with Crippen molar-refractivity contribution in [3.8, 4) is 0 Å². The number of amides is 1. The number of hydrogen-bond donors (Lipinski definition) is 1. The highest BCUT2D eigenvalue weighted by Gasteiger charge is 2.23. The normalized spacial score (nSPS) is 16.7. The van der Waals surface area contributed by atoms with E-state index in [0.29, 0.717) is 26.1 Å². The Kier molecular flexibility index (Phi) is 5.41. The van der Waals surface area contributed by atoms with E-state index in [-0.39, 0.29) is 12.0 Å². The number of hydrogen-bond acceptors (Lipinski definition) is 3. The molecule has 0 radical (unpaired) electrons. The summed E-state index contributed by atoms with van der Waals surface area (Å²) in [5.74, 6) is 0.907. The molecular formula is C21H22ClN3O2. The predicted molar refractivity (Wildman–Crippen MR) is 106 cm³/mol. The van der Waals surface area contributed by atoms with Gasteiger partial charge in [0.1, 0.15) is 11.9 Å². The van der Waals surface area contributed by atoms with Crippen LogP contribution in [0.4, 0.5) is 0 Å². The number of nitrogens with one attached hydrogen (secondary N) is 1. The van der Waals surface area contributed by atoms with Crippen molar-refractivity contribution in [3.05, 3.63) is 64.9 Å². The van der Waals surface area contributed by atoms with Crippen LogP contribution in [-0.4, -0.2) is 34.7 Å². The third kappa shape index (κ3) is 3.99. The maximum atomic E-state index is 12.1. The van der Waals surface area contributed by atoms with Gasteiger partial charge in [-0.05, 0) is 36.6 Å². The summed E-state index contributed by atoms with van der Waals surface area (Å²) < 4.78 is 7.61. The van der Waals surface area contributed by atoms with Crippen LogP contribution in [0.15, 0.2) is 48.5 Å². The first-order chi connectivity index (χ1) is 13.2. The number of ether oxygens (including phenoxy) is 1. The van der Waals surface area contributed by atoms with Gasteiger partial charge >= 0.3 is 0 Å². The van der Waals surface area contributed by atoms with Crippen molar-refractivity contribution in [3.63, 3.8) is 0 Å². The summed E-state index contributed by atoms with van der Waals surface area (Å²) >= 11 is 6.36. The first-order valence-corrected chi connectivity index (χ1v) is 9.67. The quantitative estimate of drug-likeness (QED) is 0.707. The second kappa shape index (κ2) is 8.11. The molecule has 1 aliphatic heterocycles. The van der Waals surface area contributed by atoms with Gasteiger partial charge in [-0.15, -0.1) is 0 Å². The van der Waals surface area contributed by atoms with Crippen molar-refractivity contribution in [2.45, 2.75) is 31.9 Å². The van der Waals surface area contributed by atoms with E-state index in [1.54, 1.807) is 0 Å². The maximum Gasteiger partial charge on any atom is 0.249 e. The van der Waals surface area contributed by atoms with Crippen LogP contribution < -0.4 is 5.32 Å². The second-order valence-corrected chi connectivity index (χ2v) is 7.14. The lowest BCUT2D eigenvalue weighted by Crippen LogP contribution is -2.35. The number of imidazole rings is 1. The van der Waals surface area contributed by atoms with Crippen LogP contribution in [0.1, 0.15) is 24.2 Å². The van der Waals surface area contributed by atoms with E-state index < -0.39 is 0 Å². The van der Waals surface area contributed by atoms with E-state index >= 15 is 0 Å². The largest absolute Gasteiger partial charge is 0.368 e. The highest BCUT2D eigenvalue weighted by atomic mass is 35.5. The molecule has 6 heteroatoms. The number of nitrogens with zero attached hydrogens (tertiary/aromatic N) is 2. The van der Waals surface area contributed by atoms with Gasteiger partial charge in [0.2, 0.25) is 5.91 Å². The molecule has 27 heavy (non-hydrogen) atoms. The molecule has 0 bridgehead atoms. The number of halogens is 1. The SMILES string of the molecule is O=C(NCCc1nc2ccccc2n1Cc1ccccc1Cl)C1CCCO1. The van der Waals surface area contributed by atoms with Gasteiger partial charge in [0.15, 0.2) is 0 Å². The average molecular weight is 384 g/mol. The van der Waals surface area contributed by atoms with E-state index in [1.165, 1.54) is 0 Å². The van der Waals surface area contributed by atoms with Gasteiger partial charge in [-0.25, -0.2) is 4.98 Å². The molecule has 0 saturated carbocycles. The van der Waals surface area contributed by atoms with Crippen molar-refractivity contribution in [2.24, 2.45) is 0 Å². The fraction of sp³-hybridized carbons (Fsp3) is 0.333. The third-order valence-corrected chi connectivity index (χ3v) is 5.26. The molecule has 5 nitrogen and oxygen atoms in total. The van der Waals surface area contributed by atoms with Crippen molar-refractivity contribution >= 4 is 28.5 Å². The minimum Gasteiger partial charge on any atom is -0.368 e. The Morgan fingerprint density at radius 3 is 2.85 bits per heavy atom. The van der Waals surface area contributed by atoms with E-state index in [9.17, 15) is 4.79 Å². The number of carbonyl (C=O) groups is 1. The van der Waals surface area contributed by atoms with Crippen LogP contribution in [0.25, 0.3) is 11.0 Å². The summed E-state index contributed by atoms with van der Waals surface area (Å²) in [6, 6.07) is 15.9. The maximum absolute atomic E-state index is 12.1. The number of benzene rings is 2. The topological polar surface area (TPSA) is 56.2 Å². The molecule has 1 saturated heterocycles. The molecular weight excluding hydrogens is 362 g/mol. The average Bonchev–Trinajstić information content (AvgIpc) is 3.32. The van der Waals surface area contributed by atoms with Crippen molar-refractivity contribution in [2.75, 3.05) is 13.2 Å². The molecule has 1 unspecified atom stereocenters. The van der Waals surface area contributed by atoms with Crippen molar-refractivity contribution in [1.82, 2.24) is 14.9 Å². The molecule has 1 N–H and O–H groups in total. The molecule has 1 aliphatic rings. The first kappa shape index (κ1) is 18.0. The standard InChI is InChI=1S/C21H22ClN3O2/c22-16-7-2-1-6-15(16)14-25-18-9-4-3-8-17(18)24-20(25)11-12-23-21(26)19-10-5-13-27-19/h1-4,6-9,19H,5,10-14H2,(H,23,26). The zero-order valence-corrected chi connectivity index (χ0v) is 15.8. The number of para-hydroxylation sites is 2. The number of fused-ring (bicyclic) bond motifs is 1. The molecule has 2 aromatic carbocycles. The number of rotatable bonds is 6. The summed E-state index contributed by atoms with van der Waals surface area (Å²) in [4.78, 5) is 16.9. The highest BCUT2D eigenvalue weighted by molar-refractivity contribution is 6.31. The Balaban J connectivity index is 1.53. The smallest absolute Gasteiger partial charge is 0.249 e. The first-order valence-electron chi connectivity index (χ1n) is 9.29. The molecule has 4 rings (SSSR count). The molecule has 0 spiro atoms. The highest BCUT2D eigenvalue weighted by Crippen LogP contribution is 2.22. The summed E-state index contributed by atoms with van der Waals surface area (Å²) in [5.41, 5.74) is 3.06. The monoisotopic (exact) mass is 383 g/mol. The van der Waals surface area contributed by atoms with E-state index in [0.717, 1.165) is 40.3 Å². The molecule has 1 amide bonds. The molecule has 1 fully saturated rings. The van der Waals surface area contributed by atoms with Gasteiger partial charge in [0.05, 0.1) is 17.6 Å². The summed E-state index contributed by atoms with van der Waals surface area (Å²) in [6.07, 6.45) is 2.10. The van der Waals surface area contributed by atoms with Gasteiger partial charge in [0, 0.05) is 24.6 Å². The van der Waals surface area contributed by atoms with Crippen molar-refractivity contribution < 1.29 is 9.53 Å². The fourth-order valence-electron chi connectivity index (χ4n) is 3.49. The van der Waals surface area contributed by atoms with Gasteiger partial charge in [-0.2, -0.15) is 0 Å². The summed E-state index contributed by atoms with van der Waals surface area (Å²) in [7, 11) is 0. The Morgan fingerprint density at radius 2 is 2.04 bits per heavy atom. The molecule has 1 aromatic heterocycles.